The van der Waals surface area contributed by atoms with E-state index in [1.54, 1.807) is 30.5 Å². The van der Waals surface area contributed by atoms with Crippen LogP contribution in [-0.2, 0) is 32.0 Å². The molecule has 3 amide bonds. The predicted molar refractivity (Wildman–Crippen MR) is 183 cm³/mol. The van der Waals surface area contributed by atoms with Crippen molar-refractivity contribution in [2.24, 2.45) is 38.7 Å². The summed E-state index contributed by atoms with van der Waals surface area (Å²) in [5.74, 6) is -3.40. The first-order chi connectivity index (χ1) is 22.9. The zero-order valence-corrected chi connectivity index (χ0v) is 26.6. The lowest BCUT2D eigenvalue weighted by Gasteiger charge is -2.25. The van der Waals surface area contributed by atoms with Crippen molar-refractivity contribution >= 4 is 46.5 Å². The molecular weight excluding hydrogens is 618 g/mol. The average Bonchev–Trinajstić information content (AvgIpc) is 3.46. The second-order valence-electron chi connectivity index (χ2n) is 11.3. The highest BCUT2D eigenvalue weighted by molar-refractivity contribution is 5.94. The number of carboxylic acids is 1. The molecule has 4 unspecified atom stereocenters. The number of benzene rings is 2. The molecule has 0 radical (unpaired) electrons. The summed E-state index contributed by atoms with van der Waals surface area (Å²) in [5, 5.41) is 18.8. The highest BCUT2D eigenvalue weighted by Gasteiger charge is 2.31. The molecule has 0 aliphatic carbocycles. The summed E-state index contributed by atoms with van der Waals surface area (Å²) in [5.41, 5.74) is 29.8. The van der Waals surface area contributed by atoms with E-state index in [2.05, 4.69) is 30.9 Å². The second-order valence-corrected chi connectivity index (χ2v) is 11.3. The minimum Gasteiger partial charge on any atom is -0.480 e. The number of nitrogens with one attached hydrogen (secondary N) is 4. The van der Waals surface area contributed by atoms with Gasteiger partial charge in [0.1, 0.15) is 18.1 Å². The predicted octanol–water partition coefficient (Wildman–Crippen LogP) is -1.07. The maximum absolute atomic E-state index is 13.7. The molecule has 48 heavy (non-hydrogen) atoms. The highest BCUT2D eigenvalue weighted by atomic mass is 16.4. The van der Waals surface area contributed by atoms with Crippen molar-refractivity contribution in [1.29, 1.82) is 0 Å². The van der Waals surface area contributed by atoms with Crippen molar-refractivity contribution in [3.05, 3.63) is 71.9 Å². The van der Waals surface area contributed by atoms with Crippen LogP contribution in [0.4, 0.5) is 0 Å². The van der Waals surface area contributed by atoms with Gasteiger partial charge in [-0.2, -0.15) is 0 Å². The number of carbonyl (C=O) groups excluding carboxylic acids is 3. The van der Waals surface area contributed by atoms with E-state index in [0.717, 1.165) is 16.5 Å². The zero-order valence-electron chi connectivity index (χ0n) is 26.6. The standard InChI is InChI=1S/C32H45N11O5/c33-22(11-6-14-38-31(34)35)27(44)41-24(13-7-15-39-32(36)37)28(45)42-25(16-19-8-2-1-3-9-19)29(46)43-26(30(47)48)17-20-18-40-23-12-5-4-10-21(20)23/h1-5,8-10,12,18,22,24-26,40H,6-7,11,13-17,33H2,(H,41,44)(H,42,45)(H,43,46)(H,47,48)(H4,34,35,38)(H4,36,37,39). The van der Waals surface area contributed by atoms with E-state index in [-0.39, 0.29) is 50.7 Å². The van der Waals surface area contributed by atoms with Crippen LogP contribution in [0.3, 0.4) is 0 Å². The minimum absolute atomic E-state index is 0.00162. The molecule has 4 atom stereocenters. The molecule has 15 N–H and O–H groups in total. The number of nitrogens with zero attached hydrogens (tertiary/aromatic N) is 2. The number of hydrogen-bond donors (Lipinski definition) is 10. The molecule has 1 aromatic heterocycles. The monoisotopic (exact) mass is 663 g/mol. The lowest BCUT2D eigenvalue weighted by atomic mass is 10.0. The molecule has 0 bridgehead atoms. The largest absolute Gasteiger partial charge is 0.480 e. The van der Waals surface area contributed by atoms with Gasteiger partial charge < -0.3 is 54.7 Å². The molecule has 2 aromatic carbocycles. The first-order valence-electron chi connectivity index (χ1n) is 15.5. The number of aromatic amines is 1. The Kier molecular flexibility index (Phi) is 14.2. The van der Waals surface area contributed by atoms with Gasteiger partial charge in [0, 0.05) is 43.0 Å². The summed E-state index contributed by atoms with van der Waals surface area (Å²) >= 11 is 0. The van der Waals surface area contributed by atoms with Crippen LogP contribution < -0.4 is 44.6 Å². The zero-order chi connectivity index (χ0) is 35.1. The number of fused-ring (bicyclic) bond motifs is 1. The van der Waals surface area contributed by atoms with Crippen molar-refractivity contribution in [2.75, 3.05) is 13.1 Å². The average molecular weight is 664 g/mol. The molecule has 16 heteroatoms. The number of carboxylic acid groups (broad SMARTS) is 1. The molecule has 258 valence electrons. The first-order valence-corrected chi connectivity index (χ1v) is 15.5. The lowest BCUT2D eigenvalue weighted by Crippen LogP contribution is -2.57. The third-order valence-corrected chi connectivity index (χ3v) is 7.51. The van der Waals surface area contributed by atoms with E-state index in [4.69, 9.17) is 28.7 Å². The summed E-state index contributed by atoms with van der Waals surface area (Å²) in [4.78, 5) is 63.6. The van der Waals surface area contributed by atoms with Gasteiger partial charge in [0.2, 0.25) is 17.7 Å². The third kappa shape index (κ3) is 11.9. The third-order valence-electron chi connectivity index (χ3n) is 7.51. The van der Waals surface area contributed by atoms with Gasteiger partial charge in [-0.3, -0.25) is 24.4 Å². The van der Waals surface area contributed by atoms with Crippen LogP contribution in [-0.4, -0.2) is 83.0 Å². The van der Waals surface area contributed by atoms with Crippen LogP contribution in [0.25, 0.3) is 10.9 Å². The number of guanidine groups is 2. The topological polar surface area (TPSA) is 295 Å². The second kappa shape index (κ2) is 18.5. The Hall–Kier alpha value is -5.64. The van der Waals surface area contributed by atoms with E-state index >= 15 is 0 Å². The Morgan fingerprint density at radius 1 is 0.708 bits per heavy atom. The van der Waals surface area contributed by atoms with Gasteiger partial charge in [0.15, 0.2) is 11.9 Å². The van der Waals surface area contributed by atoms with E-state index in [1.165, 1.54) is 0 Å². The molecule has 0 aliphatic heterocycles. The van der Waals surface area contributed by atoms with Crippen molar-refractivity contribution in [2.45, 2.75) is 62.7 Å². The smallest absolute Gasteiger partial charge is 0.326 e. The number of aliphatic imine (C=N–C) groups is 2. The molecule has 0 saturated heterocycles. The molecular formula is C32H45N11O5. The number of H-pyrrole nitrogens is 1. The normalized spacial score (nSPS) is 13.4. The van der Waals surface area contributed by atoms with Gasteiger partial charge in [-0.25, -0.2) is 4.79 Å². The van der Waals surface area contributed by atoms with E-state index in [0.29, 0.717) is 18.4 Å². The fourth-order valence-corrected chi connectivity index (χ4v) is 5.03. The van der Waals surface area contributed by atoms with Gasteiger partial charge in [-0.15, -0.1) is 0 Å². The molecule has 3 aromatic rings. The van der Waals surface area contributed by atoms with Gasteiger partial charge in [-0.05, 0) is 42.9 Å². The van der Waals surface area contributed by atoms with Gasteiger partial charge in [-0.1, -0.05) is 48.5 Å². The lowest BCUT2D eigenvalue weighted by molar-refractivity contribution is -0.142. The molecule has 0 spiro atoms. The summed E-state index contributed by atoms with van der Waals surface area (Å²) < 4.78 is 0. The number of aliphatic carboxylic acids is 1. The number of nitrogens with two attached hydrogens (primary N) is 5. The minimum atomic E-state index is -1.29. The van der Waals surface area contributed by atoms with Crippen molar-refractivity contribution < 1.29 is 24.3 Å². The number of hydrogen-bond acceptors (Lipinski definition) is 7. The van der Waals surface area contributed by atoms with Crippen LogP contribution in [0.15, 0.2) is 70.8 Å². The van der Waals surface area contributed by atoms with Crippen molar-refractivity contribution in [3.63, 3.8) is 0 Å². The Morgan fingerprint density at radius 2 is 1.27 bits per heavy atom. The van der Waals surface area contributed by atoms with Crippen molar-refractivity contribution in [1.82, 2.24) is 20.9 Å². The summed E-state index contributed by atoms with van der Waals surface area (Å²) in [6.07, 6.45) is 2.87. The molecule has 1 heterocycles. The molecule has 0 aliphatic rings. The van der Waals surface area contributed by atoms with Crippen LogP contribution in [0.2, 0.25) is 0 Å². The summed E-state index contributed by atoms with van der Waals surface area (Å²) in [6, 6.07) is 11.8. The number of carbonyl (C=O) groups is 4. The quantitative estimate of drug-likeness (QED) is 0.0420. The number of para-hydroxylation sites is 1. The Labute approximate surface area is 278 Å². The highest BCUT2D eigenvalue weighted by Crippen LogP contribution is 2.19. The summed E-state index contributed by atoms with van der Waals surface area (Å²) in [7, 11) is 0. The Balaban J connectivity index is 1.78. The van der Waals surface area contributed by atoms with Crippen molar-refractivity contribution in [3.8, 4) is 0 Å². The molecule has 0 saturated carbocycles. The van der Waals surface area contributed by atoms with Crippen LogP contribution in [0, 0.1) is 0 Å². The SMILES string of the molecule is NC(N)=NCCCC(N)C(=O)NC(CCCN=C(N)N)C(=O)NC(Cc1ccccc1)C(=O)NC(Cc1c[nH]c2ccccc12)C(=O)O. The molecule has 0 fully saturated rings. The number of rotatable bonds is 19. The fourth-order valence-electron chi connectivity index (χ4n) is 5.03. The van der Waals surface area contributed by atoms with Gasteiger partial charge in [0.05, 0.1) is 6.04 Å². The van der Waals surface area contributed by atoms with E-state index in [9.17, 15) is 24.3 Å². The number of amides is 3. The van der Waals surface area contributed by atoms with Gasteiger partial charge >= 0.3 is 5.97 Å². The van der Waals surface area contributed by atoms with Crippen LogP contribution in [0.5, 0.6) is 0 Å². The van der Waals surface area contributed by atoms with E-state index < -0.39 is 47.9 Å². The first kappa shape index (κ1) is 36.8. The van der Waals surface area contributed by atoms with Crippen LogP contribution >= 0.6 is 0 Å². The molecule has 3 rings (SSSR count). The Bertz CT molecular complexity index is 1580. The van der Waals surface area contributed by atoms with Gasteiger partial charge in [0.25, 0.3) is 0 Å². The number of aromatic nitrogens is 1. The maximum Gasteiger partial charge on any atom is 0.326 e. The Morgan fingerprint density at radius 3 is 1.92 bits per heavy atom. The van der Waals surface area contributed by atoms with E-state index in [1.807, 2.05) is 30.3 Å². The summed E-state index contributed by atoms with van der Waals surface area (Å²) in [6.45, 7) is 0.467. The molecule has 16 nitrogen and oxygen atoms in total. The maximum atomic E-state index is 13.7. The fraction of sp³-hybridized carbons (Fsp3) is 0.375. The van der Waals surface area contributed by atoms with Crippen LogP contribution in [0.1, 0.15) is 36.8 Å².